The molecule has 3 rings (SSSR count). The van der Waals surface area contributed by atoms with E-state index >= 15 is 0 Å². The van der Waals surface area contributed by atoms with Crippen LogP contribution in [-0.2, 0) is 6.54 Å². The average molecular weight is 261 g/mol. The van der Waals surface area contributed by atoms with Gasteiger partial charge < -0.3 is 9.84 Å². The molecule has 1 aromatic carbocycles. The Bertz CT molecular complexity index is 548. The molecule has 1 aromatic heterocycles. The first-order valence-corrected chi connectivity index (χ1v) is 6.50. The molecular weight excluding hydrogens is 245 g/mol. The molecule has 0 spiro atoms. The highest BCUT2D eigenvalue weighted by Gasteiger charge is 2.32. The minimum absolute atomic E-state index is 0.202. The molecule has 1 saturated carbocycles. The van der Waals surface area contributed by atoms with Crippen LogP contribution in [0.15, 0.2) is 28.8 Å². The third-order valence-electron chi connectivity index (χ3n) is 3.37. The molecule has 0 aliphatic heterocycles. The summed E-state index contributed by atoms with van der Waals surface area (Å²) in [6.45, 7) is 2.34. The first-order valence-electron chi connectivity index (χ1n) is 6.50. The molecule has 4 nitrogen and oxygen atoms in total. The van der Waals surface area contributed by atoms with Crippen molar-refractivity contribution in [1.82, 2.24) is 15.5 Å². The van der Waals surface area contributed by atoms with E-state index in [0.29, 0.717) is 24.2 Å². The monoisotopic (exact) mass is 261 g/mol. The van der Waals surface area contributed by atoms with Crippen LogP contribution in [0.3, 0.4) is 0 Å². The Hall–Kier alpha value is -1.75. The molecule has 2 aromatic rings. The summed E-state index contributed by atoms with van der Waals surface area (Å²) in [4.78, 5) is 4.17. The summed E-state index contributed by atoms with van der Waals surface area (Å²) >= 11 is 0. The average Bonchev–Trinajstić information content (AvgIpc) is 3.15. The molecule has 0 bridgehead atoms. The van der Waals surface area contributed by atoms with Crippen LogP contribution in [-0.4, -0.2) is 10.1 Å². The van der Waals surface area contributed by atoms with Gasteiger partial charge in [-0.25, -0.2) is 4.39 Å². The molecule has 1 fully saturated rings. The summed E-state index contributed by atoms with van der Waals surface area (Å²) in [5, 5.41) is 7.31. The van der Waals surface area contributed by atoms with Crippen LogP contribution >= 0.6 is 0 Å². The van der Waals surface area contributed by atoms with E-state index in [2.05, 4.69) is 15.5 Å². The molecular formula is C14H16FN3O. The smallest absolute Gasteiger partial charge is 0.223 e. The third-order valence-corrected chi connectivity index (χ3v) is 3.37. The summed E-state index contributed by atoms with van der Waals surface area (Å²) < 4.78 is 17.9. The van der Waals surface area contributed by atoms with Gasteiger partial charge in [-0.2, -0.15) is 4.98 Å². The second-order valence-electron chi connectivity index (χ2n) is 4.98. The summed E-state index contributed by atoms with van der Waals surface area (Å²) in [7, 11) is 0. The lowest BCUT2D eigenvalue weighted by molar-refractivity contribution is 0.381. The van der Waals surface area contributed by atoms with Gasteiger partial charge in [0.25, 0.3) is 0 Å². The molecule has 1 N–H and O–H groups in total. The van der Waals surface area contributed by atoms with Crippen molar-refractivity contribution in [2.24, 2.45) is 5.92 Å². The lowest BCUT2D eigenvalue weighted by atomic mass is 10.0. The number of nitrogens with one attached hydrogen (secondary N) is 1. The minimum atomic E-state index is -0.202. The zero-order valence-electron chi connectivity index (χ0n) is 10.8. The van der Waals surface area contributed by atoms with Crippen molar-refractivity contribution in [3.8, 4) is 0 Å². The molecule has 19 heavy (non-hydrogen) atoms. The maximum absolute atomic E-state index is 13.0. The zero-order valence-corrected chi connectivity index (χ0v) is 10.8. The lowest BCUT2D eigenvalue weighted by Crippen LogP contribution is -2.23. The minimum Gasteiger partial charge on any atom is -0.340 e. The highest BCUT2D eigenvalue weighted by molar-refractivity contribution is 5.22. The highest BCUT2D eigenvalue weighted by atomic mass is 19.1. The van der Waals surface area contributed by atoms with Gasteiger partial charge in [-0.1, -0.05) is 17.3 Å². The first-order chi connectivity index (χ1) is 9.22. The SMILES string of the molecule is Cc1nc(CNC(c2ccc(F)cc2)C2CC2)no1. The van der Waals surface area contributed by atoms with E-state index in [-0.39, 0.29) is 11.9 Å². The number of hydrogen-bond acceptors (Lipinski definition) is 4. The van der Waals surface area contributed by atoms with Gasteiger partial charge in [-0.15, -0.1) is 0 Å². The maximum Gasteiger partial charge on any atom is 0.223 e. The van der Waals surface area contributed by atoms with Crippen molar-refractivity contribution in [1.29, 1.82) is 0 Å². The summed E-state index contributed by atoms with van der Waals surface area (Å²) in [6, 6.07) is 6.93. The lowest BCUT2D eigenvalue weighted by Gasteiger charge is -2.17. The molecule has 1 atom stereocenters. The number of halogens is 1. The topological polar surface area (TPSA) is 51.0 Å². The second kappa shape index (κ2) is 5.09. The van der Waals surface area contributed by atoms with Crippen LogP contribution in [0, 0.1) is 18.7 Å². The van der Waals surface area contributed by atoms with E-state index in [1.807, 2.05) is 12.1 Å². The van der Waals surface area contributed by atoms with Gasteiger partial charge in [0, 0.05) is 13.0 Å². The van der Waals surface area contributed by atoms with E-state index in [4.69, 9.17) is 4.52 Å². The van der Waals surface area contributed by atoms with Gasteiger partial charge in [0.05, 0.1) is 6.54 Å². The number of rotatable bonds is 5. The second-order valence-corrected chi connectivity index (χ2v) is 4.98. The normalized spacial score (nSPS) is 16.5. The van der Waals surface area contributed by atoms with Gasteiger partial charge >= 0.3 is 0 Å². The van der Waals surface area contributed by atoms with Gasteiger partial charge in [0.1, 0.15) is 5.82 Å². The Balaban J connectivity index is 1.69. The van der Waals surface area contributed by atoms with Crippen LogP contribution < -0.4 is 5.32 Å². The fourth-order valence-corrected chi connectivity index (χ4v) is 2.27. The molecule has 5 heteroatoms. The van der Waals surface area contributed by atoms with E-state index in [0.717, 1.165) is 5.56 Å². The number of hydrogen-bond donors (Lipinski definition) is 1. The Morgan fingerprint density at radius 3 is 2.68 bits per heavy atom. The Labute approximate surface area is 111 Å². The Morgan fingerprint density at radius 1 is 1.37 bits per heavy atom. The molecule has 100 valence electrons. The molecule has 0 radical (unpaired) electrons. The van der Waals surface area contributed by atoms with Gasteiger partial charge in [0.15, 0.2) is 5.82 Å². The molecule has 1 aliphatic carbocycles. The predicted octanol–water partition coefficient (Wildman–Crippen LogP) is 2.76. The van der Waals surface area contributed by atoms with Crippen LogP contribution in [0.4, 0.5) is 4.39 Å². The van der Waals surface area contributed by atoms with Crippen LogP contribution in [0.5, 0.6) is 0 Å². The number of benzene rings is 1. The van der Waals surface area contributed by atoms with E-state index < -0.39 is 0 Å². The van der Waals surface area contributed by atoms with Crippen molar-refractivity contribution in [2.75, 3.05) is 0 Å². The highest BCUT2D eigenvalue weighted by Crippen LogP contribution is 2.41. The van der Waals surface area contributed by atoms with Crippen molar-refractivity contribution >= 4 is 0 Å². The van der Waals surface area contributed by atoms with Crippen LogP contribution in [0.25, 0.3) is 0 Å². The number of aromatic nitrogens is 2. The fourth-order valence-electron chi connectivity index (χ4n) is 2.27. The van der Waals surface area contributed by atoms with Crippen LogP contribution in [0.1, 0.15) is 36.2 Å². The van der Waals surface area contributed by atoms with Crippen LogP contribution in [0.2, 0.25) is 0 Å². The quantitative estimate of drug-likeness (QED) is 0.899. The Morgan fingerprint density at radius 2 is 2.11 bits per heavy atom. The van der Waals surface area contributed by atoms with E-state index in [1.54, 1.807) is 6.92 Å². The summed E-state index contributed by atoms with van der Waals surface area (Å²) in [5.41, 5.74) is 1.11. The van der Waals surface area contributed by atoms with Crippen molar-refractivity contribution in [3.05, 3.63) is 47.4 Å². The number of nitrogens with zero attached hydrogens (tertiary/aromatic N) is 2. The summed E-state index contributed by atoms with van der Waals surface area (Å²) in [6.07, 6.45) is 2.42. The van der Waals surface area contributed by atoms with Crippen molar-refractivity contribution in [2.45, 2.75) is 32.4 Å². The van der Waals surface area contributed by atoms with E-state index in [9.17, 15) is 4.39 Å². The largest absolute Gasteiger partial charge is 0.340 e. The van der Waals surface area contributed by atoms with Gasteiger partial charge in [-0.3, -0.25) is 0 Å². The maximum atomic E-state index is 13.0. The predicted molar refractivity (Wildman–Crippen MR) is 67.7 cm³/mol. The van der Waals surface area contributed by atoms with Crippen molar-refractivity contribution < 1.29 is 8.91 Å². The molecule has 1 aliphatic rings. The summed E-state index contributed by atoms with van der Waals surface area (Å²) in [5.74, 6) is 1.65. The standard InChI is InChI=1S/C14H16FN3O/c1-9-17-13(18-19-9)8-16-14(10-2-3-10)11-4-6-12(15)7-5-11/h4-7,10,14,16H,2-3,8H2,1H3. The fraction of sp³-hybridized carbons (Fsp3) is 0.429. The molecule has 0 saturated heterocycles. The first kappa shape index (κ1) is 12.3. The zero-order chi connectivity index (χ0) is 13.2. The Kier molecular flexibility index (Phi) is 3.29. The van der Waals surface area contributed by atoms with Gasteiger partial charge in [-0.05, 0) is 36.5 Å². The number of aryl methyl sites for hydroxylation is 1. The molecule has 0 amide bonds. The van der Waals surface area contributed by atoms with Crippen molar-refractivity contribution in [3.63, 3.8) is 0 Å². The third kappa shape index (κ3) is 2.98. The van der Waals surface area contributed by atoms with Gasteiger partial charge in [0.2, 0.25) is 5.89 Å². The van der Waals surface area contributed by atoms with E-state index in [1.165, 1.54) is 25.0 Å². The molecule has 1 heterocycles. The molecule has 1 unspecified atom stereocenters.